The molecule has 0 saturated heterocycles. The molecule has 16 heavy (non-hydrogen) atoms. The minimum atomic E-state index is -0.528. The molecule has 0 bridgehead atoms. The Morgan fingerprint density at radius 3 is 1.94 bits per heavy atom. The van der Waals surface area contributed by atoms with E-state index >= 15 is 0 Å². The lowest BCUT2D eigenvalue weighted by Gasteiger charge is -2.10. The molecule has 0 fully saturated rings. The van der Waals surface area contributed by atoms with Crippen molar-refractivity contribution in [3.63, 3.8) is 0 Å². The fraction of sp³-hybridized carbons (Fsp3) is 1.00. The quantitative estimate of drug-likeness (QED) is 0.401. The second-order valence-electron chi connectivity index (χ2n) is 4.59. The summed E-state index contributed by atoms with van der Waals surface area (Å²) in [6.07, 6.45) is 11.7. The van der Waals surface area contributed by atoms with Gasteiger partial charge in [-0.25, -0.2) is 0 Å². The molecule has 2 heteroatoms. The SMILES string of the molecule is CCCCCCCCCCC(O)OCCC. The summed E-state index contributed by atoms with van der Waals surface area (Å²) in [4.78, 5) is 0. The molecule has 0 saturated carbocycles. The molecule has 0 radical (unpaired) electrons. The van der Waals surface area contributed by atoms with Gasteiger partial charge in [-0.3, -0.25) is 0 Å². The molecule has 1 unspecified atom stereocenters. The summed E-state index contributed by atoms with van der Waals surface area (Å²) in [5.41, 5.74) is 0. The third kappa shape index (κ3) is 12.0. The second-order valence-corrected chi connectivity index (χ2v) is 4.59. The zero-order valence-corrected chi connectivity index (χ0v) is 11.2. The number of rotatable bonds is 12. The summed E-state index contributed by atoms with van der Waals surface area (Å²) in [5, 5.41) is 9.43. The molecule has 0 rings (SSSR count). The van der Waals surface area contributed by atoms with Crippen LogP contribution in [-0.2, 0) is 4.74 Å². The Hall–Kier alpha value is -0.0800. The summed E-state index contributed by atoms with van der Waals surface area (Å²) >= 11 is 0. The standard InChI is InChI=1S/C14H30O2/c1-3-5-6-7-8-9-10-11-12-14(15)16-13-4-2/h14-15H,3-13H2,1-2H3. The van der Waals surface area contributed by atoms with Crippen LogP contribution in [0, 0.1) is 0 Å². The maximum atomic E-state index is 9.43. The Bertz CT molecular complexity index is 126. The van der Waals surface area contributed by atoms with Gasteiger partial charge in [-0.1, -0.05) is 58.8 Å². The van der Waals surface area contributed by atoms with E-state index in [9.17, 15) is 5.11 Å². The van der Waals surface area contributed by atoms with Gasteiger partial charge in [-0.05, 0) is 19.3 Å². The minimum absolute atomic E-state index is 0.528. The molecule has 0 heterocycles. The molecule has 0 aromatic rings. The van der Waals surface area contributed by atoms with E-state index in [-0.39, 0.29) is 0 Å². The van der Waals surface area contributed by atoms with Gasteiger partial charge in [0.2, 0.25) is 0 Å². The minimum Gasteiger partial charge on any atom is -0.368 e. The van der Waals surface area contributed by atoms with E-state index < -0.39 is 6.29 Å². The lowest BCUT2D eigenvalue weighted by molar-refractivity contribution is -0.104. The van der Waals surface area contributed by atoms with Crippen molar-refractivity contribution in [3.8, 4) is 0 Å². The van der Waals surface area contributed by atoms with E-state index in [2.05, 4.69) is 13.8 Å². The van der Waals surface area contributed by atoms with Crippen molar-refractivity contribution in [2.45, 2.75) is 84.3 Å². The topological polar surface area (TPSA) is 29.5 Å². The van der Waals surface area contributed by atoms with Crippen molar-refractivity contribution in [2.75, 3.05) is 6.61 Å². The molecule has 0 aliphatic carbocycles. The van der Waals surface area contributed by atoms with Crippen LogP contribution in [0.2, 0.25) is 0 Å². The van der Waals surface area contributed by atoms with Crippen molar-refractivity contribution in [3.05, 3.63) is 0 Å². The van der Waals surface area contributed by atoms with Crippen LogP contribution in [0.15, 0.2) is 0 Å². The van der Waals surface area contributed by atoms with Crippen LogP contribution in [0.5, 0.6) is 0 Å². The number of aliphatic hydroxyl groups excluding tert-OH is 1. The molecule has 0 aliphatic rings. The molecule has 0 aliphatic heterocycles. The van der Waals surface area contributed by atoms with Crippen LogP contribution in [0.1, 0.15) is 78.1 Å². The number of aliphatic hydroxyl groups is 1. The average molecular weight is 230 g/mol. The Balaban J connectivity index is 3.02. The predicted octanol–water partition coefficient (Wildman–Crippen LogP) is 4.26. The molecule has 2 nitrogen and oxygen atoms in total. The zero-order valence-electron chi connectivity index (χ0n) is 11.2. The van der Waals surface area contributed by atoms with Gasteiger partial charge in [0.15, 0.2) is 6.29 Å². The second kappa shape index (κ2) is 13.0. The molecular weight excluding hydrogens is 200 g/mol. The Morgan fingerprint density at radius 1 is 0.812 bits per heavy atom. The van der Waals surface area contributed by atoms with Crippen LogP contribution < -0.4 is 0 Å². The third-order valence-electron chi connectivity index (χ3n) is 2.82. The van der Waals surface area contributed by atoms with E-state index in [1.54, 1.807) is 0 Å². The highest BCUT2D eigenvalue weighted by Gasteiger charge is 2.02. The molecule has 98 valence electrons. The van der Waals surface area contributed by atoms with Crippen molar-refractivity contribution in [2.24, 2.45) is 0 Å². The summed E-state index contributed by atoms with van der Waals surface area (Å²) in [6, 6.07) is 0. The van der Waals surface area contributed by atoms with Crippen molar-refractivity contribution >= 4 is 0 Å². The largest absolute Gasteiger partial charge is 0.368 e. The first-order valence-corrected chi connectivity index (χ1v) is 7.11. The molecule has 0 aromatic heterocycles. The fourth-order valence-corrected chi connectivity index (χ4v) is 1.79. The van der Waals surface area contributed by atoms with Crippen LogP contribution >= 0.6 is 0 Å². The number of unbranched alkanes of at least 4 members (excludes halogenated alkanes) is 7. The Morgan fingerprint density at radius 2 is 1.38 bits per heavy atom. The first-order chi connectivity index (χ1) is 7.81. The van der Waals surface area contributed by atoms with Gasteiger partial charge >= 0.3 is 0 Å². The summed E-state index contributed by atoms with van der Waals surface area (Å²) in [7, 11) is 0. The van der Waals surface area contributed by atoms with E-state index in [1.165, 1.54) is 44.9 Å². The van der Waals surface area contributed by atoms with Gasteiger partial charge in [0, 0.05) is 6.61 Å². The molecule has 0 aromatic carbocycles. The molecule has 1 N–H and O–H groups in total. The Labute approximate surface area is 101 Å². The summed E-state index contributed by atoms with van der Waals surface area (Å²) in [5.74, 6) is 0. The normalized spacial score (nSPS) is 12.9. The first-order valence-electron chi connectivity index (χ1n) is 7.11. The van der Waals surface area contributed by atoms with E-state index in [0.717, 1.165) is 19.3 Å². The van der Waals surface area contributed by atoms with Crippen molar-refractivity contribution < 1.29 is 9.84 Å². The lowest BCUT2D eigenvalue weighted by Crippen LogP contribution is -2.12. The average Bonchev–Trinajstić information content (AvgIpc) is 2.30. The first kappa shape index (κ1) is 15.9. The van der Waals surface area contributed by atoms with E-state index in [4.69, 9.17) is 4.74 Å². The monoisotopic (exact) mass is 230 g/mol. The zero-order chi connectivity index (χ0) is 12.1. The molecule has 1 atom stereocenters. The van der Waals surface area contributed by atoms with Gasteiger partial charge in [0.05, 0.1) is 0 Å². The Kier molecular flexibility index (Phi) is 12.9. The van der Waals surface area contributed by atoms with Crippen LogP contribution in [0.4, 0.5) is 0 Å². The fourth-order valence-electron chi connectivity index (χ4n) is 1.79. The number of ether oxygens (including phenoxy) is 1. The van der Waals surface area contributed by atoms with Gasteiger partial charge in [0.1, 0.15) is 0 Å². The maximum Gasteiger partial charge on any atom is 0.154 e. The highest BCUT2D eigenvalue weighted by molar-refractivity contribution is 4.48. The molecular formula is C14H30O2. The molecule has 0 spiro atoms. The van der Waals surface area contributed by atoms with E-state index in [1.807, 2.05) is 0 Å². The van der Waals surface area contributed by atoms with Crippen LogP contribution in [-0.4, -0.2) is 18.0 Å². The number of hydrogen-bond donors (Lipinski definition) is 1. The van der Waals surface area contributed by atoms with E-state index in [0.29, 0.717) is 6.61 Å². The summed E-state index contributed by atoms with van der Waals surface area (Å²) in [6.45, 7) is 4.99. The van der Waals surface area contributed by atoms with Crippen molar-refractivity contribution in [1.29, 1.82) is 0 Å². The van der Waals surface area contributed by atoms with Gasteiger partial charge in [-0.2, -0.15) is 0 Å². The smallest absolute Gasteiger partial charge is 0.154 e. The van der Waals surface area contributed by atoms with Gasteiger partial charge in [0.25, 0.3) is 0 Å². The number of hydrogen-bond acceptors (Lipinski definition) is 2. The van der Waals surface area contributed by atoms with Gasteiger partial charge < -0.3 is 9.84 Å². The van der Waals surface area contributed by atoms with Crippen LogP contribution in [0.25, 0.3) is 0 Å². The van der Waals surface area contributed by atoms with Crippen LogP contribution in [0.3, 0.4) is 0 Å². The highest BCUT2D eigenvalue weighted by Crippen LogP contribution is 2.11. The third-order valence-corrected chi connectivity index (χ3v) is 2.82. The highest BCUT2D eigenvalue weighted by atomic mass is 16.6. The summed E-state index contributed by atoms with van der Waals surface area (Å²) < 4.78 is 5.21. The maximum absolute atomic E-state index is 9.43. The lowest BCUT2D eigenvalue weighted by atomic mass is 10.1. The van der Waals surface area contributed by atoms with Crippen molar-refractivity contribution in [1.82, 2.24) is 0 Å². The predicted molar refractivity (Wildman–Crippen MR) is 69.5 cm³/mol. The van der Waals surface area contributed by atoms with Gasteiger partial charge in [-0.15, -0.1) is 0 Å². The molecule has 0 amide bonds.